The van der Waals surface area contributed by atoms with E-state index in [2.05, 4.69) is 19.9 Å². The van der Waals surface area contributed by atoms with Crippen molar-refractivity contribution >= 4 is 21.6 Å². The maximum absolute atomic E-state index is 11.9. The monoisotopic (exact) mass is 287 g/mol. The Morgan fingerprint density at radius 1 is 1.44 bits per heavy atom. The van der Waals surface area contributed by atoms with E-state index in [9.17, 15) is 8.42 Å². The van der Waals surface area contributed by atoms with E-state index in [4.69, 9.17) is 11.6 Å². The number of aryl methyl sites for hydroxylation is 1. The zero-order chi connectivity index (χ0) is 13.2. The van der Waals surface area contributed by atoms with E-state index in [1.165, 1.54) is 24.7 Å². The fraction of sp³-hybridized carbons (Fsp3) is 0.222. The summed E-state index contributed by atoms with van der Waals surface area (Å²) in [5.74, 6) is 0.514. The maximum atomic E-state index is 11.9. The topological polar surface area (TPSA) is 89.8 Å². The van der Waals surface area contributed by atoms with Gasteiger partial charge in [-0.3, -0.25) is 0 Å². The Hall–Kier alpha value is -1.51. The van der Waals surface area contributed by atoms with Gasteiger partial charge in [0.05, 0.1) is 6.54 Å². The number of pyridine rings is 1. The van der Waals surface area contributed by atoms with Crippen molar-refractivity contribution in [2.45, 2.75) is 11.4 Å². The number of halogens is 1. The molecule has 2 rings (SSSR count). The third kappa shape index (κ3) is 2.84. The number of hydrogen-bond acceptors (Lipinski definition) is 5. The number of sulfonamides is 1. The minimum absolute atomic E-state index is 0.0501. The summed E-state index contributed by atoms with van der Waals surface area (Å²) in [6.07, 6.45) is 2.69. The molecule has 7 nitrogen and oxygen atoms in total. The molecule has 0 aliphatic carbocycles. The second-order valence-electron chi connectivity index (χ2n) is 3.50. The molecule has 0 aromatic carbocycles. The van der Waals surface area contributed by atoms with Gasteiger partial charge >= 0.3 is 0 Å². The fourth-order valence-electron chi connectivity index (χ4n) is 1.23. The van der Waals surface area contributed by atoms with Crippen LogP contribution in [0.5, 0.6) is 0 Å². The lowest BCUT2D eigenvalue weighted by Crippen LogP contribution is -2.24. The molecular formula is C9H10ClN5O2S. The largest absolute Gasteiger partial charge is 0.320 e. The number of aromatic nitrogens is 4. The van der Waals surface area contributed by atoms with Crippen molar-refractivity contribution in [1.29, 1.82) is 0 Å². The first-order valence-electron chi connectivity index (χ1n) is 4.93. The molecule has 1 N–H and O–H groups in total. The van der Waals surface area contributed by atoms with Crippen LogP contribution in [0.3, 0.4) is 0 Å². The van der Waals surface area contributed by atoms with Crippen LogP contribution in [0.2, 0.25) is 5.15 Å². The minimum Gasteiger partial charge on any atom is -0.320 e. The zero-order valence-corrected chi connectivity index (χ0v) is 11.0. The Kier molecular flexibility index (Phi) is 3.60. The molecule has 0 saturated heterocycles. The molecule has 0 amide bonds. The van der Waals surface area contributed by atoms with Crippen molar-refractivity contribution in [3.05, 3.63) is 35.6 Å². The van der Waals surface area contributed by atoms with Crippen molar-refractivity contribution in [2.75, 3.05) is 0 Å². The number of rotatable bonds is 4. The van der Waals surface area contributed by atoms with Crippen molar-refractivity contribution in [3.8, 4) is 0 Å². The average Bonchev–Trinajstić information content (AvgIpc) is 2.73. The van der Waals surface area contributed by atoms with Gasteiger partial charge in [0.25, 0.3) is 0 Å². The van der Waals surface area contributed by atoms with Crippen LogP contribution in [0.1, 0.15) is 5.82 Å². The van der Waals surface area contributed by atoms with Crippen LogP contribution >= 0.6 is 11.6 Å². The van der Waals surface area contributed by atoms with E-state index < -0.39 is 10.0 Å². The highest BCUT2D eigenvalue weighted by Crippen LogP contribution is 2.10. The Labute approximate surface area is 109 Å². The maximum Gasteiger partial charge on any atom is 0.242 e. The van der Waals surface area contributed by atoms with Gasteiger partial charge in [0, 0.05) is 13.2 Å². The molecule has 2 heterocycles. The summed E-state index contributed by atoms with van der Waals surface area (Å²) >= 11 is 5.59. The standard InChI is InChI=1S/C9H10ClN5O2S/c1-15-6-12-14-9(15)5-13-18(16,17)7-2-3-8(10)11-4-7/h2-4,6,13H,5H2,1H3. The van der Waals surface area contributed by atoms with E-state index in [0.29, 0.717) is 5.82 Å². The summed E-state index contributed by atoms with van der Waals surface area (Å²) in [7, 11) is -1.89. The van der Waals surface area contributed by atoms with Crippen LogP contribution in [0, 0.1) is 0 Å². The van der Waals surface area contributed by atoms with Crippen LogP contribution in [-0.4, -0.2) is 28.2 Å². The normalized spacial score (nSPS) is 11.7. The molecule has 0 radical (unpaired) electrons. The summed E-state index contributed by atoms with van der Waals surface area (Å²) in [5, 5.41) is 7.67. The van der Waals surface area contributed by atoms with E-state index >= 15 is 0 Å². The van der Waals surface area contributed by atoms with Crippen molar-refractivity contribution in [2.24, 2.45) is 7.05 Å². The molecule has 0 saturated carbocycles. The molecule has 2 aromatic rings. The SMILES string of the molecule is Cn1cnnc1CNS(=O)(=O)c1ccc(Cl)nc1. The molecule has 0 atom stereocenters. The van der Waals surface area contributed by atoms with Gasteiger partial charge in [-0.1, -0.05) is 11.6 Å². The zero-order valence-electron chi connectivity index (χ0n) is 9.41. The molecule has 18 heavy (non-hydrogen) atoms. The Balaban J connectivity index is 2.13. The van der Waals surface area contributed by atoms with E-state index in [1.54, 1.807) is 11.6 Å². The highest BCUT2D eigenvalue weighted by atomic mass is 35.5. The summed E-state index contributed by atoms with van der Waals surface area (Å²) in [5.41, 5.74) is 0. The van der Waals surface area contributed by atoms with Crippen LogP contribution in [0.25, 0.3) is 0 Å². The van der Waals surface area contributed by atoms with Gasteiger partial charge in [0.15, 0.2) is 0 Å². The van der Waals surface area contributed by atoms with Crippen LogP contribution < -0.4 is 4.72 Å². The second kappa shape index (κ2) is 5.01. The van der Waals surface area contributed by atoms with Gasteiger partial charge in [-0.15, -0.1) is 10.2 Å². The summed E-state index contributed by atoms with van der Waals surface area (Å²) in [4.78, 5) is 3.77. The first kappa shape index (κ1) is 12.9. The molecule has 9 heteroatoms. The number of nitrogens with zero attached hydrogens (tertiary/aromatic N) is 4. The smallest absolute Gasteiger partial charge is 0.242 e. The first-order chi connectivity index (χ1) is 8.49. The lowest BCUT2D eigenvalue weighted by molar-refractivity contribution is 0.577. The second-order valence-corrected chi connectivity index (χ2v) is 5.65. The lowest BCUT2D eigenvalue weighted by Gasteiger charge is -2.05. The molecule has 0 aliphatic rings. The van der Waals surface area contributed by atoms with E-state index in [1.807, 2.05) is 0 Å². The summed E-state index contributed by atoms with van der Waals surface area (Å²) in [6, 6.07) is 2.80. The predicted molar refractivity (Wildman–Crippen MR) is 64.3 cm³/mol. The fourth-order valence-corrected chi connectivity index (χ4v) is 2.27. The average molecular weight is 288 g/mol. The van der Waals surface area contributed by atoms with Gasteiger partial charge in [-0.25, -0.2) is 18.1 Å². The molecule has 0 aliphatic heterocycles. The van der Waals surface area contributed by atoms with Gasteiger partial charge in [-0.2, -0.15) is 0 Å². The van der Waals surface area contributed by atoms with Gasteiger partial charge in [-0.05, 0) is 12.1 Å². The molecule has 2 aromatic heterocycles. The van der Waals surface area contributed by atoms with E-state index in [0.717, 1.165) is 0 Å². The van der Waals surface area contributed by atoms with Crippen molar-refractivity contribution in [3.63, 3.8) is 0 Å². The van der Waals surface area contributed by atoms with E-state index in [-0.39, 0.29) is 16.6 Å². The quantitative estimate of drug-likeness (QED) is 0.819. The third-order valence-electron chi connectivity index (χ3n) is 2.24. The summed E-state index contributed by atoms with van der Waals surface area (Å²) in [6.45, 7) is 0.0570. The molecule has 0 fully saturated rings. The Morgan fingerprint density at radius 2 is 2.22 bits per heavy atom. The summed E-state index contributed by atoms with van der Waals surface area (Å²) < 4.78 is 27.8. The minimum atomic E-state index is -3.62. The first-order valence-corrected chi connectivity index (χ1v) is 6.79. The van der Waals surface area contributed by atoms with Crippen LogP contribution in [-0.2, 0) is 23.6 Å². The molecule has 0 spiro atoms. The molecular weight excluding hydrogens is 278 g/mol. The highest BCUT2D eigenvalue weighted by Gasteiger charge is 2.15. The molecule has 96 valence electrons. The highest BCUT2D eigenvalue weighted by molar-refractivity contribution is 7.89. The number of nitrogens with one attached hydrogen (secondary N) is 1. The van der Waals surface area contributed by atoms with Crippen LogP contribution in [0.15, 0.2) is 29.6 Å². The van der Waals surface area contributed by atoms with Crippen molar-refractivity contribution in [1.82, 2.24) is 24.5 Å². The van der Waals surface area contributed by atoms with Crippen LogP contribution in [0.4, 0.5) is 0 Å². The predicted octanol–water partition coefficient (Wildman–Crippen LogP) is 0.342. The lowest BCUT2D eigenvalue weighted by atomic mass is 10.5. The molecule has 0 bridgehead atoms. The molecule has 0 unspecified atom stereocenters. The van der Waals surface area contributed by atoms with Gasteiger partial charge in [0.1, 0.15) is 22.2 Å². The Morgan fingerprint density at radius 3 is 2.78 bits per heavy atom. The Bertz CT molecular complexity index is 637. The third-order valence-corrected chi connectivity index (χ3v) is 3.85. The van der Waals surface area contributed by atoms with Crippen molar-refractivity contribution < 1.29 is 8.42 Å². The van der Waals surface area contributed by atoms with Gasteiger partial charge in [0.2, 0.25) is 10.0 Å². The number of hydrogen-bond donors (Lipinski definition) is 1. The van der Waals surface area contributed by atoms with Gasteiger partial charge < -0.3 is 4.57 Å².